The van der Waals surface area contributed by atoms with Crippen molar-refractivity contribution in [2.24, 2.45) is 5.92 Å². The molecule has 0 fully saturated rings. The van der Waals surface area contributed by atoms with Crippen LogP contribution in [0.4, 0.5) is 0 Å². The maximum absolute atomic E-state index is 5.72. The predicted molar refractivity (Wildman–Crippen MR) is 79.2 cm³/mol. The van der Waals surface area contributed by atoms with E-state index in [1.54, 1.807) is 0 Å². The molecule has 1 aliphatic rings. The van der Waals surface area contributed by atoms with E-state index in [2.05, 4.69) is 56.3 Å². The lowest BCUT2D eigenvalue weighted by atomic mass is 10.0. The quantitative estimate of drug-likeness (QED) is 0.667. The van der Waals surface area contributed by atoms with Crippen LogP contribution in [0, 0.1) is 5.92 Å². The molecule has 1 aliphatic carbocycles. The van der Waals surface area contributed by atoms with E-state index < -0.39 is 0 Å². The Labute approximate surface area is 115 Å². The fourth-order valence-electron chi connectivity index (χ4n) is 2.70. The van der Waals surface area contributed by atoms with Crippen molar-refractivity contribution < 1.29 is 4.74 Å². The average molecular weight is 252 g/mol. The third kappa shape index (κ3) is 2.57. The molecule has 0 unspecified atom stereocenters. The van der Waals surface area contributed by atoms with Crippen molar-refractivity contribution in [1.82, 2.24) is 0 Å². The fraction of sp³-hybridized carbons (Fsp3) is 0.333. The maximum atomic E-state index is 5.72. The summed E-state index contributed by atoms with van der Waals surface area (Å²) in [5.74, 6) is 0.596. The van der Waals surface area contributed by atoms with Gasteiger partial charge in [-0.15, -0.1) is 0 Å². The summed E-state index contributed by atoms with van der Waals surface area (Å²) in [5.41, 5.74) is 6.95. The average Bonchev–Trinajstić information content (AvgIpc) is 2.76. The molecule has 2 aromatic rings. The van der Waals surface area contributed by atoms with Crippen LogP contribution in [0.2, 0.25) is 0 Å². The molecule has 1 heteroatoms. The zero-order valence-corrected chi connectivity index (χ0v) is 11.6. The molecule has 0 spiro atoms. The summed E-state index contributed by atoms with van der Waals surface area (Å²) in [6.45, 7) is 5.91. The lowest BCUT2D eigenvalue weighted by Gasteiger charge is -2.08. The van der Waals surface area contributed by atoms with Crippen molar-refractivity contribution in [3.63, 3.8) is 0 Å². The van der Waals surface area contributed by atoms with Crippen molar-refractivity contribution in [2.45, 2.75) is 26.9 Å². The zero-order valence-electron chi connectivity index (χ0n) is 11.6. The van der Waals surface area contributed by atoms with Gasteiger partial charge in [-0.25, -0.2) is 0 Å². The van der Waals surface area contributed by atoms with E-state index in [4.69, 9.17) is 4.74 Å². The number of benzene rings is 2. The minimum Gasteiger partial charge on any atom is -0.377 e. The Kier molecular flexibility index (Phi) is 3.39. The third-order valence-electron chi connectivity index (χ3n) is 3.58. The smallest absolute Gasteiger partial charge is 0.0717 e. The lowest BCUT2D eigenvalue weighted by Crippen LogP contribution is -2.02. The third-order valence-corrected chi connectivity index (χ3v) is 3.58. The number of ether oxygens (including phenoxy) is 1. The molecular formula is C18H20O. The SMILES string of the molecule is CC(C)COCc1ccc2c(c1)Cc1ccccc1-2. The highest BCUT2D eigenvalue weighted by Gasteiger charge is 2.17. The molecular weight excluding hydrogens is 232 g/mol. The molecule has 3 rings (SSSR count). The van der Waals surface area contributed by atoms with Crippen LogP contribution in [0.3, 0.4) is 0 Å². The molecule has 0 saturated heterocycles. The zero-order chi connectivity index (χ0) is 13.2. The van der Waals surface area contributed by atoms with Gasteiger partial charge in [-0.05, 0) is 40.2 Å². The van der Waals surface area contributed by atoms with Gasteiger partial charge in [-0.1, -0.05) is 56.3 Å². The van der Waals surface area contributed by atoms with Crippen molar-refractivity contribution in [3.05, 3.63) is 59.2 Å². The second-order valence-electron chi connectivity index (χ2n) is 5.73. The van der Waals surface area contributed by atoms with Gasteiger partial charge in [0, 0.05) is 6.61 Å². The van der Waals surface area contributed by atoms with E-state index in [9.17, 15) is 0 Å². The molecule has 98 valence electrons. The standard InChI is InChI=1S/C18H20O/c1-13(2)11-19-12-14-7-8-18-16(9-14)10-15-5-3-4-6-17(15)18/h3-9,13H,10-12H2,1-2H3. The topological polar surface area (TPSA) is 9.23 Å². The largest absolute Gasteiger partial charge is 0.377 e. The van der Waals surface area contributed by atoms with Gasteiger partial charge in [0.15, 0.2) is 0 Å². The van der Waals surface area contributed by atoms with Crippen LogP contribution in [-0.2, 0) is 17.8 Å². The number of hydrogen-bond acceptors (Lipinski definition) is 1. The Morgan fingerprint density at radius 1 is 1.00 bits per heavy atom. The van der Waals surface area contributed by atoms with Gasteiger partial charge in [0.1, 0.15) is 0 Å². The first-order chi connectivity index (χ1) is 9.24. The van der Waals surface area contributed by atoms with Gasteiger partial charge in [0.05, 0.1) is 6.61 Å². The van der Waals surface area contributed by atoms with Crippen LogP contribution in [-0.4, -0.2) is 6.61 Å². The van der Waals surface area contributed by atoms with E-state index in [0.717, 1.165) is 19.6 Å². The molecule has 0 heterocycles. The summed E-state index contributed by atoms with van der Waals surface area (Å²) in [4.78, 5) is 0. The molecule has 0 radical (unpaired) electrons. The van der Waals surface area contributed by atoms with Gasteiger partial charge >= 0.3 is 0 Å². The normalized spacial score (nSPS) is 12.6. The summed E-state index contributed by atoms with van der Waals surface area (Å²) in [7, 11) is 0. The molecule has 1 nitrogen and oxygen atoms in total. The highest BCUT2D eigenvalue weighted by Crippen LogP contribution is 2.36. The van der Waals surface area contributed by atoms with Crippen LogP contribution in [0.1, 0.15) is 30.5 Å². The van der Waals surface area contributed by atoms with E-state index in [1.165, 1.54) is 27.8 Å². The number of hydrogen-bond donors (Lipinski definition) is 0. The predicted octanol–water partition coefficient (Wildman–Crippen LogP) is 4.43. The second-order valence-corrected chi connectivity index (χ2v) is 5.73. The minimum atomic E-state index is 0.596. The van der Waals surface area contributed by atoms with Crippen LogP contribution >= 0.6 is 0 Å². The number of fused-ring (bicyclic) bond motifs is 3. The first-order valence-electron chi connectivity index (χ1n) is 7.02. The summed E-state index contributed by atoms with van der Waals surface area (Å²) in [5, 5.41) is 0. The highest BCUT2D eigenvalue weighted by molar-refractivity contribution is 5.76. The van der Waals surface area contributed by atoms with Crippen molar-refractivity contribution in [2.75, 3.05) is 6.61 Å². The summed E-state index contributed by atoms with van der Waals surface area (Å²) in [6, 6.07) is 15.4. The Morgan fingerprint density at radius 2 is 1.79 bits per heavy atom. The van der Waals surface area contributed by atoms with Crippen LogP contribution in [0.25, 0.3) is 11.1 Å². The van der Waals surface area contributed by atoms with E-state index in [1.807, 2.05) is 0 Å². The molecule has 0 bridgehead atoms. The van der Waals surface area contributed by atoms with Crippen LogP contribution in [0.5, 0.6) is 0 Å². The molecule has 0 N–H and O–H groups in total. The van der Waals surface area contributed by atoms with Gasteiger partial charge in [0.25, 0.3) is 0 Å². The molecule has 0 amide bonds. The lowest BCUT2D eigenvalue weighted by molar-refractivity contribution is 0.0970. The van der Waals surface area contributed by atoms with Gasteiger partial charge < -0.3 is 4.74 Å². The first-order valence-corrected chi connectivity index (χ1v) is 7.02. The van der Waals surface area contributed by atoms with Crippen molar-refractivity contribution in [1.29, 1.82) is 0 Å². The molecule has 0 aliphatic heterocycles. The van der Waals surface area contributed by atoms with Gasteiger partial charge in [-0.2, -0.15) is 0 Å². The van der Waals surface area contributed by atoms with E-state index >= 15 is 0 Å². The molecule has 0 saturated carbocycles. The van der Waals surface area contributed by atoms with E-state index in [-0.39, 0.29) is 0 Å². The second kappa shape index (κ2) is 5.18. The Hall–Kier alpha value is -1.60. The fourth-order valence-corrected chi connectivity index (χ4v) is 2.70. The monoisotopic (exact) mass is 252 g/mol. The van der Waals surface area contributed by atoms with Crippen LogP contribution < -0.4 is 0 Å². The van der Waals surface area contributed by atoms with Gasteiger partial charge in [0.2, 0.25) is 0 Å². The molecule has 19 heavy (non-hydrogen) atoms. The summed E-state index contributed by atoms with van der Waals surface area (Å²) >= 11 is 0. The summed E-state index contributed by atoms with van der Waals surface area (Å²) in [6.07, 6.45) is 1.06. The Bertz CT molecular complexity index is 584. The molecule has 2 aromatic carbocycles. The Balaban J connectivity index is 1.78. The van der Waals surface area contributed by atoms with Crippen LogP contribution in [0.15, 0.2) is 42.5 Å². The summed E-state index contributed by atoms with van der Waals surface area (Å²) < 4.78 is 5.72. The van der Waals surface area contributed by atoms with Crippen molar-refractivity contribution >= 4 is 0 Å². The van der Waals surface area contributed by atoms with Crippen molar-refractivity contribution in [3.8, 4) is 11.1 Å². The minimum absolute atomic E-state index is 0.596. The maximum Gasteiger partial charge on any atom is 0.0717 e. The Morgan fingerprint density at radius 3 is 2.63 bits per heavy atom. The number of rotatable bonds is 4. The first kappa shape index (κ1) is 12.4. The van der Waals surface area contributed by atoms with Gasteiger partial charge in [-0.3, -0.25) is 0 Å². The molecule has 0 atom stereocenters. The molecule has 0 aromatic heterocycles. The highest BCUT2D eigenvalue weighted by atomic mass is 16.5. The van der Waals surface area contributed by atoms with E-state index in [0.29, 0.717) is 5.92 Å².